The van der Waals surface area contributed by atoms with Crippen molar-refractivity contribution in [3.63, 3.8) is 0 Å². The van der Waals surface area contributed by atoms with Crippen LogP contribution in [0.25, 0.3) is 0 Å². The number of sulfone groups is 1. The SMILES string of the molecule is C=C(C)CN(CC)C(=O)Nc1ccc(Cl)c(S(C)(=O)=O)c1. The van der Waals surface area contributed by atoms with Gasteiger partial charge >= 0.3 is 6.03 Å². The number of rotatable bonds is 5. The van der Waals surface area contributed by atoms with Crippen LogP contribution < -0.4 is 5.32 Å². The lowest BCUT2D eigenvalue weighted by Crippen LogP contribution is -2.35. The third kappa shape index (κ3) is 5.06. The second-order valence-electron chi connectivity index (χ2n) is 4.82. The van der Waals surface area contributed by atoms with E-state index in [1.54, 1.807) is 11.0 Å². The van der Waals surface area contributed by atoms with Gasteiger partial charge < -0.3 is 10.2 Å². The lowest BCUT2D eigenvalue weighted by Gasteiger charge is -2.21. The molecule has 116 valence electrons. The Morgan fingerprint density at radius 1 is 1.43 bits per heavy atom. The van der Waals surface area contributed by atoms with E-state index in [-0.39, 0.29) is 15.9 Å². The molecule has 0 unspecified atom stereocenters. The molecule has 0 atom stereocenters. The predicted molar refractivity (Wildman–Crippen MR) is 85.6 cm³/mol. The molecule has 0 heterocycles. The Morgan fingerprint density at radius 3 is 2.52 bits per heavy atom. The summed E-state index contributed by atoms with van der Waals surface area (Å²) in [4.78, 5) is 13.7. The number of nitrogens with zero attached hydrogens (tertiary/aromatic N) is 1. The van der Waals surface area contributed by atoms with Crippen LogP contribution in [0, 0.1) is 0 Å². The first-order valence-electron chi connectivity index (χ1n) is 6.35. The van der Waals surface area contributed by atoms with Gasteiger partial charge in [-0.2, -0.15) is 0 Å². The molecule has 0 aromatic heterocycles. The minimum absolute atomic E-state index is 0.00934. The van der Waals surface area contributed by atoms with Gasteiger partial charge in [-0.05, 0) is 32.0 Å². The fraction of sp³-hybridized carbons (Fsp3) is 0.357. The Kier molecular flexibility index (Phi) is 5.80. The molecule has 0 radical (unpaired) electrons. The third-order valence-corrected chi connectivity index (χ3v) is 4.29. The van der Waals surface area contributed by atoms with E-state index in [0.29, 0.717) is 18.8 Å². The molecule has 1 aromatic rings. The van der Waals surface area contributed by atoms with E-state index in [2.05, 4.69) is 11.9 Å². The Labute approximate surface area is 130 Å². The monoisotopic (exact) mass is 330 g/mol. The van der Waals surface area contributed by atoms with Crippen molar-refractivity contribution in [2.45, 2.75) is 18.7 Å². The summed E-state index contributed by atoms with van der Waals surface area (Å²) in [5.74, 6) is 0. The highest BCUT2D eigenvalue weighted by Gasteiger charge is 2.16. The van der Waals surface area contributed by atoms with E-state index in [1.807, 2.05) is 13.8 Å². The first-order chi connectivity index (χ1) is 9.65. The number of urea groups is 1. The largest absolute Gasteiger partial charge is 0.322 e. The number of nitrogens with one attached hydrogen (secondary N) is 1. The second-order valence-corrected chi connectivity index (χ2v) is 7.21. The van der Waals surface area contributed by atoms with Crippen molar-refractivity contribution in [3.05, 3.63) is 35.4 Å². The minimum atomic E-state index is -3.45. The summed E-state index contributed by atoms with van der Waals surface area (Å²) in [5.41, 5.74) is 1.24. The number of carbonyl (C=O) groups is 1. The van der Waals surface area contributed by atoms with Crippen LogP contribution in [0.2, 0.25) is 5.02 Å². The summed E-state index contributed by atoms with van der Waals surface area (Å²) in [6, 6.07) is 4.04. The molecular weight excluding hydrogens is 312 g/mol. The van der Waals surface area contributed by atoms with Crippen LogP contribution in [-0.4, -0.2) is 38.7 Å². The van der Waals surface area contributed by atoms with E-state index < -0.39 is 9.84 Å². The van der Waals surface area contributed by atoms with Crippen LogP contribution >= 0.6 is 11.6 Å². The molecule has 1 N–H and O–H groups in total. The molecule has 1 aromatic carbocycles. The molecule has 0 spiro atoms. The first-order valence-corrected chi connectivity index (χ1v) is 8.62. The molecule has 0 bridgehead atoms. The smallest absolute Gasteiger partial charge is 0.321 e. The summed E-state index contributed by atoms with van der Waals surface area (Å²) in [7, 11) is -3.45. The van der Waals surface area contributed by atoms with Gasteiger partial charge in [-0.3, -0.25) is 0 Å². The third-order valence-electron chi connectivity index (χ3n) is 2.71. The van der Waals surface area contributed by atoms with E-state index in [1.165, 1.54) is 12.1 Å². The van der Waals surface area contributed by atoms with Crippen molar-refractivity contribution in [1.82, 2.24) is 4.90 Å². The molecule has 0 aliphatic carbocycles. The second kappa shape index (κ2) is 6.95. The molecule has 21 heavy (non-hydrogen) atoms. The molecular formula is C14H19ClN2O3S. The van der Waals surface area contributed by atoms with Crippen LogP contribution in [0.1, 0.15) is 13.8 Å². The number of halogens is 1. The number of anilines is 1. The minimum Gasteiger partial charge on any atom is -0.321 e. The van der Waals surface area contributed by atoms with Crippen molar-refractivity contribution in [2.24, 2.45) is 0 Å². The molecule has 2 amide bonds. The molecule has 0 saturated heterocycles. The van der Waals surface area contributed by atoms with Crippen LogP contribution in [-0.2, 0) is 9.84 Å². The Balaban J connectivity index is 2.98. The normalized spacial score (nSPS) is 11.0. The zero-order valence-electron chi connectivity index (χ0n) is 12.3. The lowest BCUT2D eigenvalue weighted by atomic mass is 10.3. The molecule has 1 rings (SSSR count). The molecule has 0 aliphatic heterocycles. The lowest BCUT2D eigenvalue weighted by molar-refractivity contribution is 0.218. The number of hydrogen-bond donors (Lipinski definition) is 1. The maximum atomic E-state index is 12.1. The number of benzene rings is 1. The average Bonchev–Trinajstić information content (AvgIpc) is 2.36. The molecule has 5 nitrogen and oxygen atoms in total. The quantitative estimate of drug-likeness (QED) is 0.843. The predicted octanol–water partition coefficient (Wildman–Crippen LogP) is 3.17. The Bertz CT molecular complexity index is 656. The van der Waals surface area contributed by atoms with E-state index >= 15 is 0 Å². The van der Waals surface area contributed by atoms with Gasteiger partial charge in [0.25, 0.3) is 0 Å². The van der Waals surface area contributed by atoms with Gasteiger partial charge in [-0.25, -0.2) is 13.2 Å². The van der Waals surface area contributed by atoms with Crippen LogP contribution in [0.5, 0.6) is 0 Å². The van der Waals surface area contributed by atoms with Crippen molar-refractivity contribution >= 4 is 33.2 Å². The fourth-order valence-electron chi connectivity index (χ4n) is 1.72. The summed E-state index contributed by atoms with van der Waals surface area (Å²) >= 11 is 5.86. The zero-order chi connectivity index (χ0) is 16.2. The summed E-state index contributed by atoms with van der Waals surface area (Å²) in [5, 5.41) is 2.79. The standard InChI is InChI=1S/C14H19ClN2O3S/c1-5-17(9-10(2)3)14(18)16-11-6-7-12(15)13(8-11)21(4,19)20/h6-8H,2,5,9H2,1,3-4H3,(H,16,18). The zero-order valence-corrected chi connectivity index (χ0v) is 13.9. The topological polar surface area (TPSA) is 66.5 Å². The van der Waals surface area contributed by atoms with Gasteiger partial charge in [0.15, 0.2) is 9.84 Å². The molecule has 7 heteroatoms. The molecule has 0 fully saturated rings. The molecule has 0 saturated carbocycles. The van der Waals surface area contributed by atoms with E-state index in [9.17, 15) is 13.2 Å². The summed E-state index contributed by atoms with van der Waals surface area (Å²) in [6.07, 6.45) is 1.07. The van der Waals surface area contributed by atoms with Crippen molar-refractivity contribution in [3.8, 4) is 0 Å². The van der Waals surface area contributed by atoms with Crippen molar-refractivity contribution in [1.29, 1.82) is 0 Å². The van der Waals surface area contributed by atoms with Gasteiger partial charge in [-0.1, -0.05) is 23.8 Å². The number of carbonyl (C=O) groups excluding carboxylic acids is 1. The van der Waals surface area contributed by atoms with Crippen molar-refractivity contribution in [2.75, 3.05) is 24.7 Å². The summed E-state index contributed by atoms with van der Waals surface area (Å²) < 4.78 is 23.2. The van der Waals surface area contributed by atoms with Crippen LogP contribution in [0.3, 0.4) is 0 Å². The van der Waals surface area contributed by atoms with E-state index in [4.69, 9.17) is 11.6 Å². The Hall–Kier alpha value is -1.53. The fourth-order valence-corrected chi connectivity index (χ4v) is 3.02. The average molecular weight is 331 g/mol. The maximum absolute atomic E-state index is 12.1. The number of hydrogen-bond acceptors (Lipinski definition) is 3. The van der Waals surface area contributed by atoms with Gasteiger partial charge in [0.05, 0.1) is 9.92 Å². The Morgan fingerprint density at radius 2 is 2.05 bits per heavy atom. The summed E-state index contributed by atoms with van der Waals surface area (Å²) in [6.45, 7) is 8.42. The van der Waals surface area contributed by atoms with Crippen LogP contribution in [0.15, 0.2) is 35.2 Å². The van der Waals surface area contributed by atoms with Gasteiger partial charge in [-0.15, -0.1) is 0 Å². The number of amides is 2. The highest BCUT2D eigenvalue weighted by molar-refractivity contribution is 7.90. The van der Waals surface area contributed by atoms with Crippen molar-refractivity contribution < 1.29 is 13.2 Å². The maximum Gasteiger partial charge on any atom is 0.322 e. The molecule has 0 aliphatic rings. The number of likely N-dealkylation sites (N-methyl/N-ethyl adjacent to an activating group) is 1. The van der Waals surface area contributed by atoms with Gasteiger partial charge in [0, 0.05) is 25.0 Å². The first kappa shape index (κ1) is 17.5. The highest BCUT2D eigenvalue weighted by Crippen LogP contribution is 2.25. The van der Waals surface area contributed by atoms with Gasteiger partial charge in [0.2, 0.25) is 0 Å². The highest BCUT2D eigenvalue weighted by atomic mass is 35.5. The van der Waals surface area contributed by atoms with Crippen LogP contribution in [0.4, 0.5) is 10.5 Å². The van der Waals surface area contributed by atoms with E-state index in [0.717, 1.165) is 11.8 Å². The van der Waals surface area contributed by atoms with Gasteiger partial charge in [0.1, 0.15) is 0 Å².